The third-order valence-corrected chi connectivity index (χ3v) is 9.07. The Bertz CT molecular complexity index is 844. The Morgan fingerprint density at radius 2 is 2.00 bits per heavy atom. The van der Waals surface area contributed by atoms with Crippen molar-refractivity contribution < 1.29 is 9.59 Å². The van der Waals surface area contributed by atoms with Crippen LogP contribution in [0.15, 0.2) is 30.5 Å². The van der Waals surface area contributed by atoms with Crippen molar-refractivity contribution in [3.63, 3.8) is 0 Å². The van der Waals surface area contributed by atoms with Gasteiger partial charge in [-0.15, -0.1) is 0 Å². The van der Waals surface area contributed by atoms with Crippen LogP contribution in [0.25, 0.3) is 0 Å². The molecule has 1 aromatic heterocycles. The number of rotatable bonds is 1. The van der Waals surface area contributed by atoms with Gasteiger partial charge >= 0.3 is 0 Å². The molecule has 0 radical (unpaired) electrons. The van der Waals surface area contributed by atoms with E-state index in [-0.39, 0.29) is 28.6 Å². The molecule has 0 spiro atoms. The minimum absolute atomic E-state index is 0.0839. The number of imidazole rings is 1. The number of hydrogen-bond donors (Lipinski definition) is 0. The fourth-order valence-electron chi connectivity index (χ4n) is 7.56. The number of amides is 1. The van der Waals surface area contributed by atoms with Crippen LogP contribution in [0.2, 0.25) is 0 Å². The molecule has 2 heterocycles. The first kappa shape index (κ1) is 18.1. The van der Waals surface area contributed by atoms with E-state index in [9.17, 15) is 9.59 Å². The first-order valence-corrected chi connectivity index (χ1v) is 10.9. The summed E-state index contributed by atoms with van der Waals surface area (Å²) in [6.45, 7) is 4.77. The molecule has 6 atom stereocenters. The molecule has 1 saturated heterocycles. The third-order valence-electron chi connectivity index (χ3n) is 9.07. The predicted molar refractivity (Wildman–Crippen MR) is 106 cm³/mol. The molecular weight excluding hydrogens is 350 g/mol. The van der Waals surface area contributed by atoms with Crippen LogP contribution in [-0.2, 0) is 4.79 Å². The highest BCUT2D eigenvalue weighted by Crippen LogP contribution is 2.66. The Labute approximate surface area is 167 Å². The number of fused-ring (bicyclic) bond motifs is 5. The predicted octanol–water partition coefficient (Wildman–Crippen LogP) is 4.13. The van der Waals surface area contributed by atoms with Gasteiger partial charge in [-0.1, -0.05) is 19.9 Å². The van der Waals surface area contributed by atoms with Gasteiger partial charge in [-0.05, 0) is 61.7 Å². The minimum Gasteiger partial charge on any atom is -0.319 e. The summed E-state index contributed by atoms with van der Waals surface area (Å²) in [5.41, 5.74) is 1.46. The van der Waals surface area contributed by atoms with E-state index >= 15 is 0 Å². The first-order chi connectivity index (χ1) is 13.4. The van der Waals surface area contributed by atoms with Crippen LogP contribution < -0.4 is 0 Å². The Balaban J connectivity index is 1.46. The average Bonchev–Trinajstić information content (AvgIpc) is 3.32. The monoisotopic (exact) mass is 381 g/mol. The van der Waals surface area contributed by atoms with Gasteiger partial charge in [0, 0.05) is 42.9 Å². The normalized spacial score (nSPS) is 42.5. The van der Waals surface area contributed by atoms with E-state index in [0.29, 0.717) is 24.2 Å². The quantitative estimate of drug-likeness (QED) is 0.735. The highest BCUT2D eigenvalue weighted by molar-refractivity contribution is 5.82. The molecule has 0 N–H and O–H groups in total. The average molecular weight is 382 g/mol. The molecule has 5 rings (SSSR count). The first-order valence-electron chi connectivity index (χ1n) is 10.9. The van der Waals surface area contributed by atoms with Gasteiger partial charge in [-0.25, -0.2) is 4.98 Å². The van der Waals surface area contributed by atoms with Gasteiger partial charge in [0.2, 0.25) is 11.8 Å². The molecule has 5 heteroatoms. The summed E-state index contributed by atoms with van der Waals surface area (Å²) in [5.74, 6) is 2.44. The maximum Gasteiger partial charge on any atom is 0.235 e. The number of likely N-dealkylation sites (tertiary alicyclic amines) is 1. The Morgan fingerprint density at radius 1 is 1.18 bits per heavy atom. The smallest absolute Gasteiger partial charge is 0.235 e. The standard InChI is InChI=1S/C23H31N3O2/c1-22-10-8-17-15(4-7-19-23(17,2)11-9-20(27)25(19)3)16(22)5-6-18(22)21(28)26-13-12-24-14-26/h7,12-18H,4-6,8-11H2,1-3H3/t15?,16?,17?,18-,22+,23-/m1/s1. The van der Waals surface area contributed by atoms with Crippen molar-refractivity contribution in [2.24, 2.45) is 34.5 Å². The van der Waals surface area contributed by atoms with Gasteiger partial charge in [0.1, 0.15) is 6.33 Å². The number of hydrogen-bond acceptors (Lipinski definition) is 3. The number of allylic oxidation sites excluding steroid dienone is 2. The van der Waals surface area contributed by atoms with Crippen LogP contribution in [0.5, 0.6) is 0 Å². The van der Waals surface area contributed by atoms with Gasteiger partial charge in [0.15, 0.2) is 0 Å². The van der Waals surface area contributed by atoms with E-state index < -0.39 is 0 Å². The Morgan fingerprint density at radius 3 is 2.75 bits per heavy atom. The zero-order chi connectivity index (χ0) is 19.7. The maximum atomic E-state index is 13.2. The summed E-state index contributed by atoms with van der Waals surface area (Å²) >= 11 is 0. The molecule has 28 heavy (non-hydrogen) atoms. The molecule has 0 bridgehead atoms. The van der Waals surface area contributed by atoms with E-state index in [2.05, 4.69) is 24.9 Å². The lowest BCUT2D eigenvalue weighted by Gasteiger charge is -2.58. The summed E-state index contributed by atoms with van der Waals surface area (Å²) in [5, 5.41) is 0. The molecule has 5 nitrogen and oxygen atoms in total. The SMILES string of the molecule is CN1C(=O)CC[C@@]2(C)C1=CCC1C2CC[C@@]2(C)C1CC[C@@H]2C(=O)n1ccnc1. The number of carbonyl (C=O) groups excluding carboxylic acids is 2. The topological polar surface area (TPSA) is 55.2 Å². The van der Waals surface area contributed by atoms with Crippen molar-refractivity contribution in [3.8, 4) is 0 Å². The Kier molecular flexibility index (Phi) is 3.91. The van der Waals surface area contributed by atoms with Gasteiger partial charge in [0.05, 0.1) is 0 Å². The van der Waals surface area contributed by atoms with Crippen LogP contribution in [0, 0.1) is 34.5 Å². The van der Waals surface area contributed by atoms with Crippen LogP contribution in [0.1, 0.15) is 63.6 Å². The van der Waals surface area contributed by atoms with E-state index in [1.165, 1.54) is 12.1 Å². The van der Waals surface area contributed by atoms with Crippen molar-refractivity contribution >= 4 is 11.8 Å². The third kappa shape index (κ3) is 2.28. The highest BCUT2D eigenvalue weighted by Gasteiger charge is 2.60. The van der Waals surface area contributed by atoms with Crippen LogP contribution >= 0.6 is 0 Å². The zero-order valence-electron chi connectivity index (χ0n) is 17.2. The molecule has 150 valence electrons. The summed E-state index contributed by atoms with van der Waals surface area (Å²) in [6.07, 6.45) is 14.6. The molecule has 2 saturated carbocycles. The van der Waals surface area contributed by atoms with Crippen molar-refractivity contribution in [2.75, 3.05) is 7.05 Å². The molecule has 1 aromatic rings. The van der Waals surface area contributed by atoms with Gasteiger partial charge < -0.3 is 4.90 Å². The second kappa shape index (κ2) is 6.04. The number of piperidine rings is 1. The van der Waals surface area contributed by atoms with E-state index in [4.69, 9.17) is 0 Å². The van der Waals surface area contributed by atoms with E-state index in [0.717, 1.165) is 32.1 Å². The van der Waals surface area contributed by atoms with Gasteiger partial charge in [0.25, 0.3) is 0 Å². The minimum atomic E-state index is 0.0839. The molecule has 3 aliphatic carbocycles. The number of carbonyl (C=O) groups is 2. The van der Waals surface area contributed by atoms with E-state index in [1.54, 1.807) is 23.3 Å². The Hall–Kier alpha value is -1.91. The molecule has 3 fully saturated rings. The lowest BCUT2D eigenvalue weighted by molar-refractivity contribution is -0.135. The van der Waals surface area contributed by atoms with Crippen LogP contribution in [0.3, 0.4) is 0 Å². The number of nitrogens with zero attached hydrogens (tertiary/aromatic N) is 3. The van der Waals surface area contributed by atoms with Gasteiger partial charge in [-0.3, -0.25) is 14.2 Å². The summed E-state index contributed by atoms with van der Waals surface area (Å²) in [6, 6.07) is 0. The lowest BCUT2D eigenvalue weighted by atomic mass is 9.49. The van der Waals surface area contributed by atoms with Gasteiger partial charge in [-0.2, -0.15) is 0 Å². The zero-order valence-corrected chi connectivity index (χ0v) is 17.2. The highest BCUT2D eigenvalue weighted by atomic mass is 16.2. The van der Waals surface area contributed by atoms with Crippen molar-refractivity contribution in [1.29, 1.82) is 0 Å². The van der Waals surface area contributed by atoms with Crippen molar-refractivity contribution in [2.45, 2.75) is 58.8 Å². The molecule has 1 aliphatic heterocycles. The van der Waals surface area contributed by atoms with Crippen LogP contribution in [0.4, 0.5) is 0 Å². The van der Waals surface area contributed by atoms with Crippen molar-refractivity contribution in [3.05, 3.63) is 30.5 Å². The molecule has 3 unspecified atom stereocenters. The molecule has 4 aliphatic rings. The largest absolute Gasteiger partial charge is 0.319 e. The second-order valence-electron chi connectivity index (χ2n) is 10.1. The molecule has 0 aromatic carbocycles. The summed E-state index contributed by atoms with van der Waals surface area (Å²) in [7, 11) is 1.95. The van der Waals surface area contributed by atoms with Crippen LogP contribution in [-0.4, -0.2) is 33.3 Å². The van der Waals surface area contributed by atoms with Crippen molar-refractivity contribution in [1.82, 2.24) is 14.5 Å². The summed E-state index contributed by atoms with van der Waals surface area (Å²) in [4.78, 5) is 31.4. The maximum absolute atomic E-state index is 13.2. The fourth-order valence-corrected chi connectivity index (χ4v) is 7.56. The fraction of sp³-hybridized carbons (Fsp3) is 0.696. The molecular formula is C23H31N3O2. The lowest BCUT2D eigenvalue weighted by Crippen LogP contribution is -2.54. The second-order valence-corrected chi connectivity index (χ2v) is 10.1. The molecule has 1 amide bonds. The number of aromatic nitrogens is 2. The van der Waals surface area contributed by atoms with E-state index in [1.807, 2.05) is 11.9 Å². The summed E-state index contributed by atoms with van der Waals surface area (Å²) < 4.78 is 1.69.